The Morgan fingerprint density at radius 2 is 1.54 bits per heavy atom. The van der Waals surface area contributed by atoms with E-state index in [1.165, 1.54) is 5.56 Å². The van der Waals surface area contributed by atoms with Crippen LogP contribution in [0.25, 0.3) is 0 Å². The van der Waals surface area contributed by atoms with Gasteiger partial charge in [-0.1, -0.05) is 55.5 Å². The maximum absolute atomic E-state index is 13.2. The molecule has 1 saturated heterocycles. The van der Waals surface area contributed by atoms with Gasteiger partial charge in [0, 0.05) is 6.42 Å². The van der Waals surface area contributed by atoms with E-state index in [-0.39, 0.29) is 5.54 Å². The van der Waals surface area contributed by atoms with Crippen molar-refractivity contribution in [3.8, 4) is 0 Å². The van der Waals surface area contributed by atoms with E-state index in [2.05, 4.69) is 75.6 Å². The van der Waals surface area contributed by atoms with E-state index >= 15 is 0 Å². The van der Waals surface area contributed by atoms with Crippen molar-refractivity contribution in [2.24, 2.45) is 0 Å². The monoisotopic (exact) mass is 380 g/mol. The molecule has 1 aliphatic rings. The van der Waals surface area contributed by atoms with Crippen molar-refractivity contribution in [1.82, 2.24) is 4.48 Å². The number of para-hydroxylation sites is 1. The van der Waals surface area contributed by atoms with Crippen molar-refractivity contribution >= 4 is 11.6 Å². The molecule has 1 aliphatic heterocycles. The van der Waals surface area contributed by atoms with Gasteiger partial charge in [-0.2, -0.15) is 0 Å². The third-order valence-electron chi connectivity index (χ3n) is 7.32. The molecule has 0 aromatic heterocycles. The van der Waals surface area contributed by atoms with Gasteiger partial charge in [0.15, 0.2) is 0 Å². The molecular formula is C25H36N2O+2. The quantitative estimate of drug-likeness (QED) is 0.658. The van der Waals surface area contributed by atoms with Gasteiger partial charge in [0.1, 0.15) is 11.2 Å². The van der Waals surface area contributed by atoms with E-state index in [9.17, 15) is 4.79 Å². The zero-order valence-corrected chi connectivity index (χ0v) is 18.0. The van der Waals surface area contributed by atoms with Crippen LogP contribution in [0.1, 0.15) is 38.7 Å². The van der Waals surface area contributed by atoms with E-state index in [4.69, 9.17) is 0 Å². The van der Waals surface area contributed by atoms with E-state index in [1.807, 2.05) is 13.0 Å². The van der Waals surface area contributed by atoms with Gasteiger partial charge < -0.3 is 4.48 Å². The molecule has 28 heavy (non-hydrogen) atoms. The van der Waals surface area contributed by atoms with E-state index in [0.29, 0.717) is 16.8 Å². The number of hydrogen-bond acceptors (Lipinski definition) is 1. The fraction of sp³-hybridized carbons (Fsp3) is 0.480. The molecule has 150 valence electrons. The number of carbonyl (C=O) groups excluding carboxylic acids is 1. The Labute approximate surface area is 170 Å². The lowest BCUT2D eigenvalue weighted by Gasteiger charge is -2.52. The SMILES string of the molecule is CCC(=O)[N+](C)(c1ccccc1)C1(C)CC[N+](C)(CCc2ccccc2)CC1. The van der Waals surface area contributed by atoms with Crippen LogP contribution in [-0.4, -0.2) is 49.7 Å². The van der Waals surface area contributed by atoms with Crippen LogP contribution < -0.4 is 4.48 Å². The third kappa shape index (κ3) is 3.92. The molecule has 3 heteroatoms. The predicted octanol–water partition coefficient (Wildman–Crippen LogP) is 4.80. The van der Waals surface area contributed by atoms with E-state index in [0.717, 1.165) is 49.1 Å². The minimum atomic E-state index is -0.0566. The molecule has 2 aromatic rings. The Kier molecular flexibility index (Phi) is 6.07. The molecule has 0 bridgehead atoms. The standard InChI is InChI=1S/C25H36N2O/c1-5-24(28)27(4,23-14-10-7-11-15-23)25(2)17-20-26(3,21-18-25)19-16-22-12-8-6-9-13-22/h6-15H,5,16-21H2,1-4H3/q+2. The van der Waals surface area contributed by atoms with E-state index in [1.54, 1.807) is 0 Å². The summed E-state index contributed by atoms with van der Waals surface area (Å²) in [5, 5.41) is 0. The summed E-state index contributed by atoms with van der Waals surface area (Å²) in [5.41, 5.74) is 2.48. The van der Waals surface area contributed by atoms with Crippen molar-refractivity contribution in [1.29, 1.82) is 0 Å². The predicted molar refractivity (Wildman–Crippen MR) is 118 cm³/mol. The van der Waals surface area contributed by atoms with Gasteiger partial charge >= 0.3 is 5.91 Å². The third-order valence-corrected chi connectivity index (χ3v) is 7.32. The van der Waals surface area contributed by atoms with Crippen molar-refractivity contribution < 1.29 is 9.28 Å². The number of quaternary nitrogens is 2. The Bertz CT molecular complexity index is 779. The van der Waals surface area contributed by atoms with Gasteiger partial charge in [-0.05, 0) is 24.6 Å². The van der Waals surface area contributed by atoms with Gasteiger partial charge in [-0.15, -0.1) is 0 Å². The van der Waals surface area contributed by atoms with Gasteiger partial charge in [-0.3, -0.25) is 0 Å². The highest BCUT2D eigenvalue weighted by Crippen LogP contribution is 2.40. The lowest BCUT2D eigenvalue weighted by atomic mass is 9.83. The second-order valence-electron chi connectivity index (χ2n) is 9.11. The zero-order chi connectivity index (χ0) is 20.3. The largest absolute Gasteiger partial charge is 0.325 e. The number of hydrogen-bond donors (Lipinski definition) is 0. The zero-order valence-electron chi connectivity index (χ0n) is 18.0. The fourth-order valence-electron chi connectivity index (χ4n) is 4.77. The Balaban J connectivity index is 1.77. The number of nitrogens with zero attached hydrogens (tertiary/aromatic N) is 2. The van der Waals surface area contributed by atoms with Crippen LogP contribution in [-0.2, 0) is 11.2 Å². The first kappa shape index (κ1) is 20.8. The average molecular weight is 381 g/mol. The molecule has 2 aromatic carbocycles. The summed E-state index contributed by atoms with van der Waals surface area (Å²) in [4.78, 5) is 13.2. The van der Waals surface area contributed by atoms with Crippen LogP contribution in [0.4, 0.5) is 5.69 Å². The lowest BCUT2D eigenvalue weighted by Crippen LogP contribution is -2.70. The van der Waals surface area contributed by atoms with Gasteiger partial charge in [0.2, 0.25) is 0 Å². The summed E-state index contributed by atoms with van der Waals surface area (Å²) in [6, 6.07) is 21.2. The maximum Gasteiger partial charge on any atom is 0.318 e. The molecule has 1 heterocycles. The van der Waals surface area contributed by atoms with Gasteiger partial charge in [0.25, 0.3) is 0 Å². The summed E-state index contributed by atoms with van der Waals surface area (Å²) >= 11 is 0. The van der Waals surface area contributed by atoms with Crippen LogP contribution in [0, 0.1) is 0 Å². The average Bonchev–Trinajstić information content (AvgIpc) is 2.75. The first-order valence-corrected chi connectivity index (χ1v) is 10.7. The molecular weight excluding hydrogens is 344 g/mol. The first-order chi connectivity index (χ1) is 13.3. The van der Waals surface area contributed by atoms with Crippen LogP contribution in [0.5, 0.6) is 0 Å². The van der Waals surface area contributed by atoms with E-state index < -0.39 is 0 Å². The molecule has 1 amide bonds. The van der Waals surface area contributed by atoms with Crippen molar-refractivity contribution in [3.63, 3.8) is 0 Å². The minimum absolute atomic E-state index is 0.0566. The van der Waals surface area contributed by atoms with Gasteiger partial charge in [0.05, 0.1) is 53.0 Å². The number of likely N-dealkylation sites (tertiary alicyclic amines) is 1. The molecule has 1 unspecified atom stereocenters. The molecule has 0 spiro atoms. The van der Waals surface area contributed by atoms with Crippen molar-refractivity contribution in [3.05, 3.63) is 66.2 Å². The molecule has 0 aliphatic carbocycles. The van der Waals surface area contributed by atoms with Crippen molar-refractivity contribution in [2.75, 3.05) is 33.7 Å². The smallest absolute Gasteiger partial charge is 0.318 e. The Morgan fingerprint density at radius 3 is 2.07 bits per heavy atom. The highest BCUT2D eigenvalue weighted by Gasteiger charge is 2.54. The maximum atomic E-state index is 13.2. The number of benzene rings is 2. The summed E-state index contributed by atoms with van der Waals surface area (Å²) in [7, 11) is 4.53. The summed E-state index contributed by atoms with van der Waals surface area (Å²) in [6.45, 7) is 7.74. The number of carbonyl (C=O) groups is 1. The molecule has 0 N–H and O–H groups in total. The van der Waals surface area contributed by atoms with Gasteiger partial charge in [-0.25, -0.2) is 9.28 Å². The molecule has 0 radical (unpaired) electrons. The molecule has 1 atom stereocenters. The number of likely N-dealkylation sites (N-methyl/N-ethyl adjacent to an activating group) is 1. The summed E-state index contributed by atoms with van der Waals surface area (Å²) in [6.07, 6.45) is 3.82. The summed E-state index contributed by atoms with van der Waals surface area (Å²) < 4.78 is 1.52. The second kappa shape index (κ2) is 8.18. The van der Waals surface area contributed by atoms with Crippen LogP contribution in [0.2, 0.25) is 0 Å². The summed E-state index contributed by atoms with van der Waals surface area (Å²) in [5.74, 6) is 0.314. The molecule has 1 fully saturated rings. The molecule has 3 nitrogen and oxygen atoms in total. The Hall–Kier alpha value is -1.97. The minimum Gasteiger partial charge on any atom is -0.325 e. The fourth-order valence-corrected chi connectivity index (χ4v) is 4.77. The highest BCUT2D eigenvalue weighted by atomic mass is 16.2. The normalized spacial score (nSPS) is 27.1. The van der Waals surface area contributed by atoms with Crippen LogP contribution >= 0.6 is 0 Å². The first-order valence-electron chi connectivity index (χ1n) is 10.7. The number of amides is 1. The highest BCUT2D eigenvalue weighted by molar-refractivity contribution is 5.89. The second-order valence-corrected chi connectivity index (χ2v) is 9.11. The van der Waals surface area contributed by atoms with Crippen LogP contribution in [0.3, 0.4) is 0 Å². The van der Waals surface area contributed by atoms with Crippen molar-refractivity contribution in [2.45, 2.75) is 45.1 Å². The van der Waals surface area contributed by atoms with Crippen LogP contribution in [0.15, 0.2) is 60.7 Å². The number of rotatable bonds is 6. The molecule has 3 rings (SSSR count). The topological polar surface area (TPSA) is 17.1 Å². The lowest BCUT2D eigenvalue weighted by molar-refractivity contribution is -0.915. The Morgan fingerprint density at radius 1 is 1.00 bits per heavy atom. The molecule has 0 saturated carbocycles. The number of piperidine rings is 1.